The third-order valence-corrected chi connectivity index (χ3v) is 8.13. The molecule has 0 saturated carbocycles. The summed E-state index contributed by atoms with van der Waals surface area (Å²) < 4.78 is 0. The van der Waals surface area contributed by atoms with Gasteiger partial charge in [-0.25, -0.2) is 15.0 Å². The Labute approximate surface area is 267 Å². The number of piperidine rings is 2. The number of nitrogens with one attached hydrogen (secondary N) is 4. The molecule has 11 heteroatoms. The van der Waals surface area contributed by atoms with E-state index in [2.05, 4.69) is 60.5 Å². The van der Waals surface area contributed by atoms with Crippen molar-refractivity contribution in [2.75, 3.05) is 36.8 Å². The van der Waals surface area contributed by atoms with Crippen LogP contribution in [0.2, 0.25) is 10.3 Å². The third-order valence-electron chi connectivity index (χ3n) is 7.72. The quantitative estimate of drug-likeness (QED) is 0.184. The van der Waals surface area contributed by atoms with E-state index >= 15 is 0 Å². The Bertz CT molecular complexity index is 1390. The van der Waals surface area contributed by atoms with Gasteiger partial charge in [-0.3, -0.25) is 9.59 Å². The average Bonchev–Trinajstić information content (AvgIpc) is 3.07. The largest absolute Gasteiger partial charge is 0.322 e. The number of amides is 2. The van der Waals surface area contributed by atoms with Crippen molar-refractivity contribution in [1.29, 1.82) is 0 Å². The second kappa shape index (κ2) is 15.7. The highest BCUT2D eigenvalue weighted by atomic mass is 35.5. The Morgan fingerprint density at radius 1 is 0.636 bits per heavy atom. The second-order valence-corrected chi connectivity index (χ2v) is 11.6. The van der Waals surface area contributed by atoms with Gasteiger partial charge in [-0.1, -0.05) is 47.5 Å². The predicted molar refractivity (Wildman–Crippen MR) is 175 cm³/mol. The maximum Gasteiger partial charge on any atom is 0.275 e. The fraction of sp³-hybridized carbons (Fsp3) is 0.303. The molecule has 228 valence electrons. The SMILES string of the molecule is O=C(Nc1ccc(C2CCCNC2)cc1)c1cnc(Cl)cn1.O=C(Nc1ccc([C@@H]2CCCNC2)cc1)c1ccc(Cl)nc1. The summed E-state index contributed by atoms with van der Waals surface area (Å²) in [6.07, 6.45) is 9.04. The van der Waals surface area contributed by atoms with Gasteiger partial charge in [0.2, 0.25) is 0 Å². The van der Waals surface area contributed by atoms with E-state index in [1.165, 1.54) is 55.4 Å². The van der Waals surface area contributed by atoms with Crippen LogP contribution >= 0.6 is 23.2 Å². The van der Waals surface area contributed by atoms with Crippen molar-refractivity contribution in [3.05, 3.63) is 112 Å². The molecule has 2 fully saturated rings. The van der Waals surface area contributed by atoms with Crippen molar-refractivity contribution in [3.8, 4) is 0 Å². The van der Waals surface area contributed by atoms with Crippen molar-refractivity contribution in [1.82, 2.24) is 25.6 Å². The monoisotopic (exact) mass is 631 g/mol. The Morgan fingerprint density at radius 2 is 1.18 bits per heavy atom. The van der Waals surface area contributed by atoms with Gasteiger partial charge >= 0.3 is 0 Å². The van der Waals surface area contributed by atoms with Crippen LogP contribution < -0.4 is 21.3 Å². The molecule has 2 amide bonds. The van der Waals surface area contributed by atoms with Crippen LogP contribution in [0.25, 0.3) is 0 Å². The normalized spacial score (nSPS) is 18.0. The highest BCUT2D eigenvalue weighted by molar-refractivity contribution is 6.29. The summed E-state index contributed by atoms with van der Waals surface area (Å²) in [5.41, 5.74) is 4.88. The number of anilines is 2. The molecule has 2 aliphatic rings. The van der Waals surface area contributed by atoms with Gasteiger partial charge in [0.25, 0.3) is 11.8 Å². The molecule has 0 bridgehead atoms. The van der Waals surface area contributed by atoms with E-state index < -0.39 is 0 Å². The first-order chi connectivity index (χ1) is 21.4. The minimum Gasteiger partial charge on any atom is -0.322 e. The molecule has 2 saturated heterocycles. The fourth-order valence-electron chi connectivity index (χ4n) is 5.29. The van der Waals surface area contributed by atoms with Crippen LogP contribution in [-0.4, -0.2) is 52.9 Å². The van der Waals surface area contributed by atoms with Crippen LogP contribution in [0, 0.1) is 0 Å². The predicted octanol–water partition coefficient (Wildman–Crippen LogP) is 6.30. The summed E-state index contributed by atoms with van der Waals surface area (Å²) in [5, 5.41) is 13.1. The summed E-state index contributed by atoms with van der Waals surface area (Å²) in [7, 11) is 0. The molecular weight excluding hydrogens is 597 g/mol. The first kappa shape index (κ1) is 31.5. The summed E-state index contributed by atoms with van der Waals surface area (Å²) in [6.45, 7) is 4.26. The molecule has 1 unspecified atom stereocenters. The molecule has 2 aliphatic heterocycles. The zero-order valence-corrected chi connectivity index (χ0v) is 25.7. The molecule has 0 radical (unpaired) electrons. The Balaban J connectivity index is 0.000000175. The van der Waals surface area contributed by atoms with Crippen LogP contribution in [0.15, 0.2) is 79.3 Å². The molecule has 4 aromatic rings. The van der Waals surface area contributed by atoms with E-state index in [0.717, 1.165) is 37.6 Å². The first-order valence-electron chi connectivity index (χ1n) is 14.8. The standard InChI is InChI=1S/C17H18ClN3O.C16H17ClN4O/c18-16-8-5-14(11-20-16)17(22)21-15-6-3-12(4-7-15)13-2-1-9-19-10-13;17-15-10-19-14(9-20-15)16(22)21-13-5-3-11(4-6-13)12-2-1-7-18-8-12/h3-8,11,13,19H,1-2,9-10H2,(H,21,22);3-6,9-10,12,18H,1-2,7-8H2,(H,21,22)/t13-;/m1./s1. The zero-order valence-electron chi connectivity index (χ0n) is 24.2. The smallest absolute Gasteiger partial charge is 0.275 e. The molecule has 0 spiro atoms. The Kier molecular flexibility index (Phi) is 11.3. The number of halogens is 2. The number of aromatic nitrogens is 3. The van der Waals surface area contributed by atoms with Crippen molar-refractivity contribution >= 4 is 46.4 Å². The van der Waals surface area contributed by atoms with Gasteiger partial charge in [-0.2, -0.15) is 0 Å². The summed E-state index contributed by atoms with van der Waals surface area (Å²) >= 11 is 11.4. The van der Waals surface area contributed by atoms with Crippen molar-refractivity contribution in [2.45, 2.75) is 37.5 Å². The molecule has 2 atom stereocenters. The lowest BCUT2D eigenvalue weighted by Crippen LogP contribution is -2.28. The molecule has 6 rings (SSSR count). The number of carbonyl (C=O) groups excluding carboxylic acids is 2. The highest BCUT2D eigenvalue weighted by Gasteiger charge is 2.16. The van der Waals surface area contributed by atoms with E-state index in [1.54, 1.807) is 12.1 Å². The van der Waals surface area contributed by atoms with Crippen molar-refractivity contribution < 1.29 is 9.59 Å². The number of hydrogen-bond acceptors (Lipinski definition) is 7. The zero-order chi connectivity index (χ0) is 30.7. The van der Waals surface area contributed by atoms with Crippen molar-refractivity contribution in [2.24, 2.45) is 0 Å². The van der Waals surface area contributed by atoms with E-state index in [4.69, 9.17) is 23.2 Å². The van der Waals surface area contributed by atoms with Crippen LogP contribution in [0.5, 0.6) is 0 Å². The summed E-state index contributed by atoms with van der Waals surface area (Å²) in [4.78, 5) is 35.9. The van der Waals surface area contributed by atoms with Crippen LogP contribution in [-0.2, 0) is 0 Å². The third kappa shape index (κ3) is 9.06. The van der Waals surface area contributed by atoms with E-state index in [1.807, 2.05) is 24.3 Å². The van der Waals surface area contributed by atoms with Gasteiger partial charge in [0.05, 0.1) is 18.0 Å². The molecule has 4 N–H and O–H groups in total. The van der Waals surface area contributed by atoms with Crippen LogP contribution in [0.1, 0.15) is 69.5 Å². The number of rotatable bonds is 6. The second-order valence-electron chi connectivity index (χ2n) is 10.8. The number of carbonyl (C=O) groups is 2. The van der Waals surface area contributed by atoms with Crippen molar-refractivity contribution in [3.63, 3.8) is 0 Å². The van der Waals surface area contributed by atoms with Crippen LogP contribution in [0.4, 0.5) is 11.4 Å². The number of benzene rings is 2. The first-order valence-corrected chi connectivity index (χ1v) is 15.5. The maximum absolute atomic E-state index is 12.1. The molecule has 4 heterocycles. The molecule has 2 aromatic carbocycles. The average molecular weight is 633 g/mol. The van der Waals surface area contributed by atoms with Gasteiger partial charge in [0.1, 0.15) is 16.0 Å². The summed E-state index contributed by atoms with van der Waals surface area (Å²) in [5.74, 6) is 0.645. The van der Waals surface area contributed by atoms with Gasteiger partial charge in [-0.15, -0.1) is 0 Å². The summed E-state index contributed by atoms with van der Waals surface area (Å²) in [6, 6.07) is 19.3. The van der Waals surface area contributed by atoms with Crippen LogP contribution in [0.3, 0.4) is 0 Å². The molecule has 2 aromatic heterocycles. The van der Waals surface area contributed by atoms with Gasteiger partial charge in [-0.05, 0) is 98.1 Å². The van der Waals surface area contributed by atoms with E-state index in [0.29, 0.717) is 22.6 Å². The lowest BCUT2D eigenvalue weighted by molar-refractivity contribution is 0.101. The topological polar surface area (TPSA) is 121 Å². The van der Waals surface area contributed by atoms with Gasteiger partial charge < -0.3 is 21.3 Å². The van der Waals surface area contributed by atoms with Gasteiger partial charge in [0.15, 0.2) is 0 Å². The Morgan fingerprint density at radius 3 is 1.64 bits per heavy atom. The minimum atomic E-state index is -0.295. The maximum atomic E-state index is 12.1. The minimum absolute atomic E-state index is 0.184. The Hall–Kier alpha value is -3.89. The molecule has 44 heavy (non-hydrogen) atoms. The number of nitrogens with zero attached hydrogens (tertiary/aromatic N) is 3. The lowest BCUT2D eigenvalue weighted by atomic mass is 9.92. The molecule has 0 aliphatic carbocycles. The number of pyridine rings is 1. The van der Waals surface area contributed by atoms with E-state index in [9.17, 15) is 9.59 Å². The molecular formula is C33H35Cl2N7O2. The number of hydrogen-bond donors (Lipinski definition) is 4. The molecule has 9 nitrogen and oxygen atoms in total. The lowest BCUT2D eigenvalue weighted by Gasteiger charge is -2.23. The van der Waals surface area contributed by atoms with Gasteiger partial charge in [0, 0.05) is 30.7 Å². The highest BCUT2D eigenvalue weighted by Crippen LogP contribution is 2.25. The van der Waals surface area contributed by atoms with E-state index in [-0.39, 0.29) is 22.7 Å². The fourth-order valence-corrected chi connectivity index (χ4v) is 5.50.